The van der Waals surface area contributed by atoms with Gasteiger partial charge in [-0.25, -0.2) is 0 Å². The van der Waals surface area contributed by atoms with Crippen molar-refractivity contribution in [3.8, 4) is 0 Å². The Morgan fingerprint density at radius 3 is 2.71 bits per heavy atom. The van der Waals surface area contributed by atoms with E-state index in [9.17, 15) is 5.11 Å². The van der Waals surface area contributed by atoms with Gasteiger partial charge in [0.25, 0.3) is 0 Å². The van der Waals surface area contributed by atoms with Crippen molar-refractivity contribution in [3.05, 3.63) is 33.4 Å². The highest BCUT2D eigenvalue weighted by Crippen LogP contribution is 2.27. The van der Waals surface area contributed by atoms with E-state index in [1.807, 2.05) is 13.8 Å². The van der Waals surface area contributed by atoms with Crippen LogP contribution in [0.5, 0.6) is 0 Å². The van der Waals surface area contributed by atoms with Crippen LogP contribution in [0.3, 0.4) is 0 Å². The molecule has 0 saturated heterocycles. The quantitative estimate of drug-likeness (QED) is 0.806. The number of aliphatic hydroxyl groups is 1. The van der Waals surface area contributed by atoms with Crippen molar-refractivity contribution in [1.29, 1.82) is 0 Å². The Morgan fingerprint density at radius 1 is 1.36 bits per heavy atom. The van der Waals surface area contributed by atoms with E-state index in [1.54, 1.807) is 0 Å². The first-order valence-corrected chi connectivity index (χ1v) is 5.31. The zero-order chi connectivity index (χ0) is 10.3. The fraction of sp³-hybridized carbons (Fsp3) is 0.273. The van der Waals surface area contributed by atoms with Gasteiger partial charge in [0.05, 0.1) is 6.61 Å². The molecule has 0 aliphatic rings. The molecule has 3 heteroatoms. The summed E-state index contributed by atoms with van der Waals surface area (Å²) in [6.07, 6.45) is 0. The normalized spacial score (nSPS) is 11.1. The number of aliphatic hydroxyl groups excluding tert-OH is 1. The zero-order valence-corrected chi connectivity index (χ0v) is 9.77. The van der Waals surface area contributed by atoms with E-state index < -0.39 is 0 Å². The second-order valence-electron chi connectivity index (χ2n) is 3.53. The maximum absolute atomic E-state index is 9.23. The van der Waals surface area contributed by atoms with Gasteiger partial charge in [-0.2, -0.15) is 0 Å². The number of aromatic amines is 1. The molecule has 2 N–H and O–H groups in total. The molecule has 2 nitrogen and oxygen atoms in total. The molecule has 0 amide bonds. The Bertz CT molecular complexity index is 487. The van der Waals surface area contributed by atoms with Crippen LogP contribution in [-0.4, -0.2) is 10.1 Å². The van der Waals surface area contributed by atoms with Crippen molar-refractivity contribution in [1.82, 2.24) is 4.98 Å². The number of benzene rings is 1. The number of H-pyrrole nitrogens is 1. The molecule has 0 unspecified atom stereocenters. The third-order valence-electron chi connectivity index (χ3n) is 2.56. The topological polar surface area (TPSA) is 36.0 Å². The summed E-state index contributed by atoms with van der Waals surface area (Å²) < 4.78 is 1.09. The van der Waals surface area contributed by atoms with Crippen molar-refractivity contribution in [2.45, 2.75) is 20.5 Å². The number of fused-ring (bicyclic) bond motifs is 1. The van der Waals surface area contributed by atoms with Crippen LogP contribution in [0.1, 0.15) is 16.8 Å². The van der Waals surface area contributed by atoms with Gasteiger partial charge < -0.3 is 10.1 Å². The smallest absolute Gasteiger partial charge is 0.0705 e. The molecule has 2 aromatic rings. The summed E-state index contributed by atoms with van der Waals surface area (Å²) in [7, 11) is 0. The van der Waals surface area contributed by atoms with Crippen molar-refractivity contribution < 1.29 is 5.11 Å². The van der Waals surface area contributed by atoms with E-state index in [-0.39, 0.29) is 6.61 Å². The van der Waals surface area contributed by atoms with E-state index in [4.69, 9.17) is 0 Å². The van der Waals surface area contributed by atoms with E-state index in [0.717, 1.165) is 26.6 Å². The molecule has 0 fully saturated rings. The predicted molar refractivity (Wildman–Crippen MR) is 61.4 cm³/mol. The third-order valence-corrected chi connectivity index (χ3v) is 3.41. The van der Waals surface area contributed by atoms with Crippen LogP contribution in [0.25, 0.3) is 10.9 Å². The predicted octanol–water partition coefficient (Wildman–Crippen LogP) is 3.04. The Kier molecular flexibility index (Phi) is 2.37. The number of halogens is 1. The maximum Gasteiger partial charge on any atom is 0.0705 e. The lowest BCUT2D eigenvalue weighted by Gasteiger charge is -1.99. The Labute approximate surface area is 91.1 Å². The second kappa shape index (κ2) is 3.41. The molecule has 2 rings (SSSR count). The van der Waals surface area contributed by atoms with E-state index >= 15 is 0 Å². The lowest BCUT2D eigenvalue weighted by Crippen LogP contribution is -1.84. The van der Waals surface area contributed by atoms with Crippen LogP contribution < -0.4 is 0 Å². The monoisotopic (exact) mass is 253 g/mol. The van der Waals surface area contributed by atoms with Gasteiger partial charge in [0.1, 0.15) is 0 Å². The molecule has 1 aromatic carbocycles. The molecule has 1 heterocycles. The molecule has 1 aromatic heterocycles. The number of rotatable bonds is 1. The van der Waals surface area contributed by atoms with Gasteiger partial charge >= 0.3 is 0 Å². The minimum atomic E-state index is 0.0902. The van der Waals surface area contributed by atoms with Crippen molar-refractivity contribution in [2.24, 2.45) is 0 Å². The Balaban J connectivity index is 2.82. The molecular weight excluding hydrogens is 242 g/mol. The first kappa shape index (κ1) is 9.74. The van der Waals surface area contributed by atoms with Gasteiger partial charge in [0, 0.05) is 26.6 Å². The molecule has 0 aliphatic carbocycles. The molecule has 0 atom stereocenters. The summed E-state index contributed by atoms with van der Waals surface area (Å²) in [5.74, 6) is 0. The summed E-state index contributed by atoms with van der Waals surface area (Å²) in [6, 6.07) is 4.14. The standard InChI is InChI=1S/C11H12BrNO/c1-6-3-8-9(5-14)7(2)13-11(8)4-10(6)12/h3-4,13-14H,5H2,1-2H3. The molecular formula is C11H12BrNO. The highest BCUT2D eigenvalue weighted by atomic mass is 79.9. The van der Waals surface area contributed by atoms with Gasteiger partial charge in [-0.1, -0.05) is 15.9 Å². The lowest BCUT2D eigenvalue weighted by atomic mass is 10.1. The Hall–Kier alpha value is -0.800. The summed E-state index contributed by atoms with van der Waals surface area (Å²) in [6.45, 7) is 4.12. The summed E-state index contributed by atoms with van der Waals surface area (Å²) in [5, 5.41) is 10.4. The molecule has 0 aliphatic heterocycles. The van der Waals surface area contributed by atoms with Crippen molar-refractivity contribution in [2.75, 3.05) is 0 Å². The van der Waals surface area contributed by atoms with Crippen molar-refractivity contribution >= 4 is 26.8 Å². The van der Waals surface area contributed by atoms with E-state index in [2.05, 4.69) is 33.0 Å². The summed E-state index contributed by atoms with van der Waals surface area (Å²) in [5.41, 5.74) is 4.30. The van der Waals surface area contributed by atoms with Crippen LogP contribution >= 0.6 is 15.9 Å². The number of nitrogens with one attached hydrogen (secondary N) is 1. The number of hydrogen-bond acceptors (Lipinski definition) is 1. The minimum absolute atomic E-state index is 0.0902. The molecule has 0 saturated carbocycles. The highest BCUT2D eigenvalue weighted by Gasteiger charge is 2.08. The van der Waals surface area contributed by atoms with Gasteiger partial charge in [0.15, 0.2) is 0 Å². The SMILES string of the molecule is Cc1cc2c(CO)c(C)[nH]c2cc1Br. The summed E-state index contributed by atoms with van der Waals surface area (Å²) >= 11 is 3.49. The van der Waals surface area contributed by atoms with Crippen LogP contribution in [0.4, 0.5) is 0 Å². The largest absolute Gasteiger partial charge is 0.392 e. The molecule has 74 valence electrons. The summed E-state index contributed by atoms with van der Waals surface area (Å²) in [4.78, 5) is 3.26. The molecule has 0 radical (unpaired) electrons. The zero-order valence-electron chi connectivity index (χ0n) is 8.19. The Morgan fingerprint density at radius 2 is 2.07 bits per heavy atom. The van der Waals surface area contributed by atoms with Gasteiger partial charge in [-0.15, -0.1) is 0 Å². The first-order valence-electron chi connectivity index (χ1n) is 4.51. The third kappa shape index (κ3) is 1.37. The fourth-order valence-corrected chi connectivity index (χ4v) is 2.06. The van der Waals surface area contributed by atoms with Crippen molar-refractivity contribution in [3.63, 3.8) is 0 Å². The van der Waals surface area contributed by atoms with Gasteiger partial charge in [-0.05, 0) is 31.5 Å². The number of aromatic nitrogens is 1. The molecule has 0 spiro atoms. The van der Waals surface area contributed by atoms with E-state index in [0.29, 0.717) is 0 Å². The number of hydrogen-bond donors (Lipinski definition) is 2. The fourth-order valence-electron chi connectivity index (χ4n) is 1.72. The average molecular weight is 254 g/mol. The average Bonchev–Trinajstić information content (AvgIpc) is 2.42. The van der Waals surface area contributed by atoms with Crippen LogP contribution in [0.15, 0.2) is 16.6 Å². The van der Waals surface area contributed by atoms with Gasteiger partial charge in [0.2, 0.25) is 0 Å². The first-order chi connectivity index (χ1) is 6.63. The van der Waals surface area contributed by atoms with Crippen LogP contribution in [0, 0.1) is 13.8 Å². The molecule has 14 heavy (non-hydrogen) atoms. The maximum atomic E-state index is 9.23. The lowest BCUT2D eigenvalue weighted by molar-refractivity contribution is 0.282. The van der Waals surface area contributed by atoms with Crippen LogP contribution in [0.2, 0.25) is 0 Å². The highest BCUT2D eigenvalue weighted by molar-refractivity contribution is 9.10. The van der Waals surface area contributed by atoms with Crippen LogP contribution in [-0.2, 0) is 6.61 Å². The minimum Gasteiger partial charge on any atom is -0.392 e. The van der Waals surface area contributed by atoms with Gasteiger partial charge in [-0.3, -0.25) is 0 Å². The number of aryl methyl sites for hydroxylation is 2. The second-order valence-corrected chi connectivity index (χ2v) is 4.39. The molecule has 0 bridgehead atoms. The van der Waals surface area contributed by atoms with E-state index in [1.165, 1.54) is 5.56 Å².